The van der Waals surface area contributed by atoms with Gasteiger partial charge in [0.15, 0.2) is 0 Å². The first-order valence-electron chi connectivity index (χ1n) is 5.22. The van der Waals surface area contributed by atoms with Crippen LogP contribution in [0.5, 0.6) is 0 Å². The summed E-state index contributed by atoms with van der Waals surface area (Å²) in [7, 11) is 1.81. The molecule has 0 fully saturated rings. The standard InChI is InChI=1S/C13H12FN3/c1-17(13-5-3-2-4-6-13)16-15-12-9-7-11(14)8-10-12/h2-10H,1H3. The molecule has 0 radical (unpaired) electrons. The van der Waals surface area contributed by atoms with Crippen LogP contribution in [0.15, 0.2) is 64.9 Å². The Morgan fingerprint density at radius 3 is 2.24 bits per heavy atom. The van der Waals surface area contributed by atoms with Gasteiger partial charge in [-0.25, -0.2) is 9.40 Å². The fourth-order valence-corrected chi connectivity index (χ4v) is 1.32. The molecule has 17 heavy (non-hydrogen) atoms. The summed E-state index contributed by atoms with van der Waals surface area (Å²) in [5.74, 6) is -0.277. The summed E-state index contributed by atoms with van der Waals surface area (Å²) in [5, 5.41) is 9.69. The molecule has 0 bridgehead atoms. The molecule has 3 nitrogen and oxygen atoms in total. The van der Waals surface area contributed by atoms with E-state index in [1.165, 1.54) is 12.1 Å². The number of hydrogen-bond acceptors (Lipinski definition) is 2. The zero-order chi connectivity index (χ0) is 12.1. The number of hydrogen-bond donors (Lipinski definition) is 0. The number of benzene rings is 2. The Kier molecular flexibility index (Phi) is 3.45. The molecule has 0 aliphatic carbocycles. The quantitative estimate of drug-likeness (QED) is 0.578. The van der Waals surface area contributed by atoms with E-state index in [4.69, 9.17) is 0 Å². The van der Waals surface area contributed by atoms with Crippen molar-refractivity contribution < 1.29 is 4.39 Å². The maximum Gasteiger partial charge on any atom is 0.123 e. The van der Waals surface area contributed by atoms with Crippen molar-refractivity contribution in [1.82, 2.24) is 0 Å². The maximum atomic E-state index is 12.7. The third-order valence-electron chi connectivity index (χ3n) is 2.25. The Morgan fingerprint density at radius 1 is 0.941 bits per heavy atom. The molecule has 2 aromatic rings. The minimum Gasteiger partial charge on any atom is -0.250 e. The highest BCUT2D eigenvalue weighted by Gasteiger charge is 1.96. The highest BCUT2D eigenvalue weighted by molar-refractivity contribution is 5.44. The van der Waals surface area contributed by atoms with Gasteiger partial charge < -0.3 is 0 Å². The van der Waals surface area contributed by atoms with E-state index in [0.717, 1.165) is 5.69 Å². The summed E-state index contributed by atoms with van der Waals surface area (Å²) in [6, 6.07) is 15.5. The van der Waals surface area contributed by atoms with Crippen molar-refractivity contribution in [1.29, 1.82) is 0 Å². The van der Waals surface area contributed by atoms with Gasteiger partial charge in [-0.05, 0) is 36.4 Å². The molecule has 0 amide bonds. The van der Waals surface area contributed by atoms with Gasteiger partial charge in [-0.1, -0.05) is 23.4 Å². The van der Waals surface area contributed by atoms with Gasteiger partial charge in [-0.3, -0.25) is 0 Å². The first-order valence-corrected chi connectivity index (χ1v) is 5.22. The van der Waals surface area contributed by atoms with Gasteiger partial charge in [0, 0.05) is 7.05 Å². The average Bonchev–Trinajstić information content (AvgIpc) is 2.39. The third kappa shape index (κ3) is 3.11. The van der Waals surface area contributed by atoms with Crippen molar-refractivity contribution in [3.8, 4) is 0 Å². The molecule has 0 N–H and O–H groups in total. The van der Waals surface area contributed by atoms with Crippen molar-refractivity contribution in [2.45, 2.75) is 0 Å². The van der Waals surface area contributed by atoms with Gasteiger partial charge in [0.25, 0.3) is 0 Å². The predicted octanol–water partition coefficient (Wildman–Crippen LogP) is 3.96. The molecule has 2 rings (SSSR count). The third-order valence-corrected chi connectivity index (χ3v) is 2.25. The molecule has 0 aromatic heterocycles. The monoisotopic (exact) mass is 229 g/mol. The van der Waals surface area contributed by atoms with Crippen LogP contribution in [-0.4, -0.2) is 7.05 Å². The Bertz CT molecular complexity index is 494. The number of halogens is 1. The smallest absolute Gasteiger partial charge is 0.123 e. The summed E-state index contributed by atoms with van der Waals surface area (Å²) in [5.41, 5.74) is 1.56. The Balaban J connectivity index is 2.08. The predicted molar refractivity (Wildman–Crippen MR) is 65.8 cm³/mol. The van der Waals surface area contributed by atoms with E-state index in [1.54, 1.807) is 17.1 Å². The lowest BCUT2D eigenvalue weighted by atomic mass is 10.3. The second kappa shape index (κ2) is 5.21. The zero-order valence-corrected chi connectivity index (χ0v) is 9.42. The van der Waals surface area contributed by atoms with Gasteiger partial charge in [0.2, 0.25) is 0 Å². The van der Waals surface area contributed by atoms with Crippen LogP contribution >= 0.6 is 0 Å². The number of para-hydroxylation sites is 1. The minimum absolute atomic E-state index is 0.277. The van der Waals surface area contributed by atoms with Gasteiger partial charge in [-0.15, -0.1) is 5.11 Å². The van der Waals surface area contributed by atoms with Crippen LogP contribution in [0.2, 0.25) is 0 Å². The van der Waals surface area contributed by atoms with E-state index in [9.17, 15) is 4.39 Å². The number of anilines is 1. The lowest BCUT2D eigenvalue weighted by molar-refractivity contribution is 0.628. The first kappa shape index (κ1) is 11.3. The van der Waals surface area contributed by atoms with Crippen molar-refractivity contribution in [3.63, 3.8) is 0 Å². The zero-order valence-electron chi connectivity index (χ0n) is 9.42. The second-order valence-corrected chi connectivity index (χ2v) is 3.53. The van der Waals surface area contributed by atoms with E-state index in [-0.39, 0.29) is 5.82 Å². The Labute approximate surface area is 99.2 Å². The molecule has 86 valence electrons. The van der Waals surface area contributed by atoms with Gasteiger partial charge in [0.1, 0.15) is 5.82 Å². The van der Waals surface area contributed by atoms with Crippen LogP contribution in [0.1, 0.15) is 0 Å². The minimum atomic E-state index is -0.277. The molecule has 0 saturated carbocycles. The largest absolute Gasteiger partial charge is 0.250 e. The molecule has 0 heterocycles. The van der Waals surface area contributed by atoms with Crippen LogP contribution in [0.4, 0.5) is 15.8 Å². The highest BCUT2D eigenvalue weighted by Crippen LogP contribution is 2.16. The highest BCUT2D eigenvalue weighted by atomic mass is 19.1. The Morgan fingerprint density at radius 2 is 1.59 bits per heavy atom. The van der Waals surface area contributed by atoms with E-state index >= 15 is 0 Å². The van der Waals surface area contributed by atoms with E-state index in [2.05, 4.69) is 10.3 Å². The summed E-state index contributed by atoms with van der Waals surface area (Å²) in [6.07, 6.45) is 0. The molecule has 4 heteroatoms. The van der Waals surface area contributed by atoms with Gasteiger partial charge >= 0.3 is 0 Å². The molecule has 0 unspecified atom stereocenters. The van der Waals surface area contributed by atoms with Crippen LogP contribution in [0.25, 0.3) is 0 Å². The summed E-state index contributed by atoms with van der Waals surface area (Å²) in [4.78, 5) is 0. The molecular formula is C13H12FN3. The van der Waals surface area contributed by atoms with Crippen LogP contribution in [-0.2, 0) is 0 Å². The maximum absolute atomic E-state index is 12.7. The fraction of sp³-hybridized carbons (Fsp3) is 0.0769. The lowest BCUT2D eigenvalue weighted by Gasteiger charge is -2.10. The number of rotatable bonds is 3. The molecule has 0 aliphatic rings. The van der Waals surface area contributed by atoms with Crippen molar-refractivity contribution in [2.75, 3.05) is 12.1 Å². The van der Waals surface area contributed by atoms with Crippen molar-refractivity contribution in [3.05, 3.63) is 60.4 Å². The summed E-state index contributed by atoms with van der Waals surface area (Å²) < 4.78 is 12.7. The van der Waals surface area contributed by atoms with E-state index in [0.29, 0.717) is 5.69 Å². The van der Waals surface area contributed by atoms with E-state index in [1.807, 2.05) is 37.4 Å². The molecule has 0 saturated heterocycles. The van der Waals surface area contributed by atoms with Gasteiger partial charge in [-0.2, -0.15) is 0 Å². The molecule has 0 aliphatic heterocycles. The number of nitrogens with zero attached hydrogens (tertiary/aromatic N) is 3. The van der Waals surface area contributed by atoms with Crippen LogP contribution in [0, 0.1) is 5.82 Å². The molecule has 2 aromatic carbocycles. The van der Waals surface area contributed by atoms with Crippen LogP contribution < -0.4 is 5.01 Å². The van der Waals surface area contributed by atoms with E-state index < -0.39 is 0 Å². The van der Waals surface area contributed by atoms with Crippen molar-refractivity contribution in [2.24, 2.45) is 10.3 Å². The van der Waals surface area contributed by atoms with Gasteiger partial charge in [0.05, 0.1) is 11.4 Å². The SMILES string of the molecule is CN(N=Nc1ccc(F)cc1)c1ccccc1. The summed E-state index contributed by atoms with van der Waals surface area (Å²) >= 11 is 0. The second-order valence-electron chi connectivity index (χ2n) is 3.53. The fourth-order valence-electron chi connectivity index (χ4n) is 1.32. The topological polar surface area (TPSA) is 28.0 Å². The average molecular weight is 229 g/mol. The van der Waals surface area contributed by atoms with Crippen LogP contribution in [0.3, 0.4) is 0 Å². The van der Waals surface area contributed by atoms with Crippen molar-refractivity contribution >= 4 is 11.4 Å². The Hall–Kier alpha value is -2.23. The molecular weight excluding hydrogens is 217 g/mol. The molecule has 0 spiro atoms. The first-order chi connectivity index (χ1) is 8.25. The normalized spacial score (nSPS) is 10.7. The molecule has 0 atom stereocenters. The lowest BCUT2D eigenvalue weighted by Crippen LogP contribution is -2.06. The summed E-state index contributed by atoms with van der Waals surface area (Å²) in [6.45, 7) is 0.